The van der Waals surface area contributed by atoms with Gasteiger partial charge in [0.1, 0.15) is 6.10 Å². The summed E-state index contributed by atoms with van der Waals surface area (Å²) in [5.74, 6) is -11.9. The molecule has 1 heterocycles. The van der Waals surface area contributed by atoms with Crippen molar-refractivity contribution in [2.45, 2.75) is 188 Å². The van der Waals surface area contributed by atoms with E-state index < -0.39 is 66.0 Å². The standard InChI is InChI=1S/C15H20F2O.C14H19F2NO.C14H17F2N.C6H11F2NO/c1-11(12-6-3-2-4-7-12)10-13-14(18)8-5-9-15(13,16)17;1-10(11-6-3-2-4-7-11)17-12-8-5-9-14(15,16)13(12)18;1-10(11-6-3-2-4-7-11)17-12-8-5-9-14(15,16)13(12)17;7-6(8)3-1-2-4(10)5(6)9/h2-4,6-7,11,13-14,18H,5,8-10H2,1H3;2-4,6-7,10,12-13,17-18H,5,8-9H2,1H3;2-4,6-7,10,12-13H,5,8-9H2,1H3;4-5,10H,1-3,9H2/t11-,13-,14+;10-,12+,13-;10-,12?,13?,17?;4-,5+/m0111/s1. The number of nitrogens with one attached hydrogen (secondary N) is 1. The number of aliphatic hydroxyl groups excluding tert-OH is 3. The molecule has 3 unspecified atom stereocenters. The Morgan fingerprint density at radius 2 is 1.05 bits per heavy atom. The van der Waals surface area contributed by atoms with E-state index in [9.17, 15) is 45.3 Å². The fourth-order valence-corrected chi connectivity index (χ4v) is 9.74. The summed E-state index contributed by atoms with van der Waals surface area (Å²) in [4.78, 5) is 1.99. The number of hydrogen-bond donors (Lipinski definition) is 5. The van der Waals surface area contributed by atoms with Crippen molar-refractivity contribution in [1.29, 1.82) is 0 Å². The first kappa shape index (κ1) is 50.9. The molecule has 352 valence electrons. The van der Waals surface area contributed by atoms with Crippen molar-refractivity contribution >= 4 is 0 Å². The molecule has 4 aliphatic carbocycles. The molecule has 14 heteroatoms. The Morgan fingerprint density at radius 1 is 0.587 bits per heavy atom. The lowest BCUT2D eigenvalue weighted by atomic mass is 9.77. The van der Waals surface area contributed by atoms with E-state index in [0.717, 1.165) is 23.1 Å². The fourth-order valence-electron chi connectivity index (χ4n) is 9.74. The van der Waals surface area contributed by atoms with E-state index in [2.05, 4.69) is 5.32 Å². The molecule has 3 aromatic rings. The van der Waals surface area contributed by atoms with Gasteiger partial charge in [-0.05, 0) is 94.2 Å². The summed E-state index contributed by atoms with van der Waals surface area (Å²) in [5.41, 5.74) is 8.29. The molecule has 6 nitrogen and oxygen atoms in total. The zero-order chi connectivity index (χ0) is 46.2. The maximum absolute atomic E-state index is 13.8. The van der Waals surface area contributed by atoms with Gasteiger partial charge in [0.05, 0.1) is 24.3 Å². The molecule has 0 amide bonds. The van der Waals surface area contributed by atoms with E-state index in [0.29, 0.717) is 51.4 Å². The number of alkyl halides is 8. The number of halogens is 8. The Morgan fingerprint density at radius 3 is 1.57 bits per heavy atom. The SMILES string of the molecule is C[C@@H](C[C@H]1[C@H](O)CCCC1(F)F)c1ccccc1.C[C@@H](N[C@H]1CCCC(F)(F)[C@@H]1O)c1ccccc1.C[C@H](c1ccccc1)N1C2CCCC(F)(F)C21.N[C@H]1[C@H](O)CCCC1(F)F. The molecule has 5 fully saturated rings. The van der Waals surface area contributed by atoms with Gasteiger partial charge in [0.15, 0.2) is 0 Å². The summed E-state index contributed by atoms with van der Waals surface area (Å²) in [5, 5.41) is 31.5. The number of benzene rings is 3. The first-order chi connectivity index (χ1) is 29.7. The van der Waals surface area contributed by atoms with Crippen LogP contribution in [0, 0.1) is 5.92 Å². The van der Waals surface area contributed by atoms with Gasteiger partial charge in [0, 0.05) is 55.8 Å². The normalized spacial score (nSPS) is 32.5. The molecule has 1 aliphatic heterocycles. The van der Waals surface area contributed by atoms with Gasteiger partial charge in [-0.3, -0.25) is 4.90 Å². The smallest absolute Gasteiger partial charge is 0.274 e. The van der Waals surface area contributed by atoms with E-state index in [-0.39, 0.29) is 49.7 Å². The van der Waals surface area contributed by atoms with Gasteiger partial charge in [-0.15, -0.1) is 0 Å². The van der Waals surface area contributed by atoms with Crippen LogP contribution in [0.1, 0.15) is 139 Å². The van der Waals surface area contributed by atoms with Crippen molar-refractivity contribution in [3.63, 3.8) is 0 Å². The molecule has 1 saturated heterocycles. The van der Waals surface area contributed by atoms with E-state index >= 15 is 0 Å². The summed E-state index contributed by atoms with van der Waals surface area (Å²) < 4.78 is 107. The molecule has 0 radical (unpaired) electrons. The lowest BCUT2D eigenvalue weighted by molar-refractivity contribution is -0.144. The van der Waals surface area contributed by atoms with Crippen molar-refractivity contribution in [3.05, 3.63) is 108 Å². The highest BCUT2D eigenvalue weighted by molar-refractivity contribution is 5.24. The van der Waals surface area contributed by atoms with Crippen LogP contribution in [0.15, 0.2) is 91.0 Å². The second kappa shape index (κ2) is 21.9. The van der Waals surface area contributed by atoms with E-state index in [1.54, 1.807) is 0 Å². The quantitative estimate of drug-likeness (QED) is 0.114. The summed E-state index contributed by atoms with van der Waals surface area (Å²) >= 11 is 0. The monoisotopic (exact) mass is 898 g/mol. The van der Waals surface area contributed by atoms with Crippen LogP contribution in [0.4, 0.5) is 35.1 Å². The molecule has 8 rings (SSSR count). The first-order valence-electron chi connectivity index (χ1n) is 22.7. The molecule has 0 aromatic heterocycles. The minimum Gasteiger partial charge on any atom is -0.393 e. The van der Waals surface area contributed by atoms with Crippen molar-refractivity contribution in [1.82, 2.24) is 10.2 Å². The third-order valence-electron chi connectivity index (χ3n) is 13.7. The van der Waals surface area contributed by atoms with Crippen LogP contribution >= 0.6 is 0 Å². The highest BCUT2D eigenvalue weighted by Gasteiger charge is 2.64. The summed E-state index contributed by atoms with van der Waals surface area (Å²) in [6, 6.07) is 27.0. The Hall–Kier alpha value is -3.14. The molecular formula is C49H67F8N3O3. The third-order valence-corrected chi connectivity index (χ3v) is 13.7. The molecule has 63 heavy (non-hydrogen) atoms. The molecule has 12 atom stereocenters. The van der Waals surface area contributed by atoms with E-state index in [1.807, 2.05) is 117 Å². The van der Waals surface area contributed by atoms with Gasteiger partial charge >= 0.3 is 0 Å². The highest BCUT2D eigenvalue weighted by atomic mass is 19.3. The molecule has 6 N–H and O–H groups in total. The van der Waals surface area contributed by atoms with Crippen molar-refractivity contribution in [2.75, 3.05) is 0 Å². The molecular weight excluding hydrogens is 831 g/mol. The van der Waals surface area contributed by atoms with Crippen LogP contribution in [-0.4, -0.2) is 86.4 Å². The zero-order valence-corrected chi connectivity index (χ0v) is 36.6. The molecule has 0 bridgehead atoms. The molecule has 4 saturated carbocycles. The van der Waals surface area contributed by atoms with Crippen LogP contribution in [-0.2, 0) is 0 Å². The van der Waals surface area contributed by atoms with Crippen LogP contribution in [0.2, 0.25) is 0 Å². The number of nitrogens with zero attached hydrogens (tertiary/aromatic N) is 1. The minimum absolute atomic E-state index is 0.0419. The maximum atomic E-state index is 13.8. The zero-order valence-electron chi connectivity index (χ0n) is 36.6. The van der Waals surface area contributed by atoms with Gasteiger partial charge in [0.2, 0.25) is 0 Å². The maximum Gasteiger partial charge on any atom is 0.274 e. The van der Waals surface area contributed by atoms with Gasteiger partial charge in [-0.1, -0.05) is 97.9 Å². The number of hydrogen-bond acceptors (Lipinski definition) is 6. The average molecular weight is 898 g/mol. The average Bonchev–Trinajstić information content (AvgIpc) is 4.00. The van der Waals surface area contributed by atoms with E-state index in [1.165, 1.54) is 0 Å². The molecule has 5 aliphatic rings. The highest BCUT2D eigenvalue weighted by Crippen LogP contribution is 2.53. The predicted molar refractivity (Wildman–Crippen MR) is 230 cm³/mol. The molecule has 3 aromatic carbocycles. The first-order valence-corrected chi connectivity index (χ1v) is 22.7. The third kappa shape index (κ3) is 13.5. The van der Waals surface area contributed by atoms with Crippen LogP contribution in [0.3, 0.4) is 0 Å². The number of aliphatic hydroxyl groups is 3. The van der Waals surface area contributed by atoms with E-state index in [4.69, 9.17) is 10.8 Å². The second-order valence-corrected chi connectivity index (χ2v) is 18.3. The Kier molecular flexibility index (Phi) is 17.7. The Balaban J connectivity index is 0.000000161. The van der Waals surface area contributed by atoms with Gasteiger partial charge in [-0.2, -0.15) is 0 Å². The molecule has 0 spiro atoms. The van der Waals surface area contributed by atoms with Crippen molar-refractivity contribution in [2.24, 2.45) is 11.7 Å². The second-order valence-electron chi connectivity index (χ2n) is 18.3. The van der Waals surface area contributed by atoms with Gasteiger partial charge in [-0.25, -0.2) is 35.1 Å². The number of rotatable bonds is 8. The lowest BCUT2D eigenvalue weighted by Crippen LogP contribution is -2.53. The van der Waals surface area contributed by atoms with Gasteiger partial charge < -0.3 is 26.4 Å². The Bertz CT molecular complexity index is 1800. The summed E-state index contributed by atoms with van der Waals surface area (Å²) in [7, 11) is 0. The van der Waals surface area contributed by atoms with Gasteiger partial charge in [0.25, 0.3) is 23.7 Å². The summed E-state index contributed by atoms with van der Waals surface area (Å²) in [6.45, 7) is 5.91. The number of likely N-dealkylation sites (tertiary alicyclic amines) is 1. The predicted octanol–water partition coefficient (Wildman–Crippen LogP) is 11.0. The topological polar surface area (TPSA) is 102 Å². The Labute approximate surface area is 367 Å². The largest absolute Gasteiger partial charge is 0.393 e. The lowest BCUT2D eigenvalue weighted by Gasteiger charge is -2.36. The minimum atomic E-state index is -2.97. The van der Waals surface area contributed by atoms with Crippen LogP contribution in [0.5, 0.6) is 0 Å². The van der Waals surface area contributed by atoms with Crippen molar-refractivity contribution < 1.29 is 50.4 Å². The van der Waals surface area contributed by atoms with Crippen molar-refractivity contribution in [3.8, 4) is 0 Å². The fraction of sp³-hybridized carbons (Fsp3) is 0.633. The van der Waals surface area contributed by atoms with Crippen LogP contribution in [0.25, 0.3) is 0 Å². The summed E-state index contributed by atoms with van der Waals surface area (Å²) in [6.07, 6.45) is 0.754. The number of fused-ring (bicyclic) bond motifs is 1. The number of nitrogens with two attached hydrogens (primary N) is 1. The van der Waals surface area contributed by atoms with Crippen LogP contribution < -0.4 is 11.1 Å².